The van der Waals surface area contributed by atoms with Crippen LogP contribution in [0.5, 0.6) is 5.75 Å². The van der Waals surface area contributed by atoms with Crippen molar-refractivity contribution in [3.05, 3.63) is 77.9 Å². The molecule has 3 aromatic carbocycles. The summed E-state index contributed by atoms with van der Waals surface area (Å²) in [5.74, 6) is 0.269. The number of hydrogen-bond acceptors (Lipinski definition) is 2. The SMILES string of the molecule is C[NH+](C)[C@H](CN=Cc1c(O)ccc2ccccc12)c1ccccc1. The summed E-state index contributed by atoms with van der Waals surface area (Å²) in [6, 6.07) is 22.4. The van der Waals surface area contributed by atoms with E-state index in [0.29, 0.717) is 12.6 Å². The van der Waals surface area contributed by atoms with Gasteiger partial charge in [0, 0.05) is 17.3 Å². The number of rotatable bonds is 5. The van der Waals surface area contributed by atoms with Crippen LogP contribution < -0.4 is 4.90 Å². The molecule has 0 fully saturated rings. The van der Waals surface area contributed by atoms with Crippen LogP contribution in [-0.2, 0) is 0 Å². The molecule has 3 aromatic rings. The molecule has 0 saturated heterocycles. The highest BCUT2D eigenvalue weighted by molar-refractivity contribution is 6.02. The molecule has 0 saturated carbocycles. The van der Waals surface area contributed by atoms with Gasteiger partial charge in [0.15, 0.2) is 0 Å². The maximum Gasteiger partial charge on any atom is 0.132 e. The number of benzene rings is 3. The Balaban J connectivity index is 1.87. The highest BCUT2D eigenvalue weighted by Gasteiger charge is 2.16. The molecule has 3 nitrogen and oxygen atoms in total. The van der Waals surface area contributed by atoms with Crippen LogP contribution in [-0.4, -0.2) is 32.0 Å². The van der Waals surface area contributed by atoms with E-state index in [1.165, 1.54) is 10.5 Å². The molecular weight excluding hydrogens is 296 g/mol. The lowest BCUT2D eigenvalue weighted by atomic mass is 10.0. The third-order valence-corrected chi connectivity index (χ3v) is 4.35. The van der Waals surface area contributed by atoms with Gasteiger partial charge in [-0.05, 0) is 16.8 Å². The molecule has 0 aliphatic heterocycles. The van der Waals surface area contributed by atoms with E-state index in [4.69, 9.17) is 0 Å². The zero-order chi connectivity index (χ0) is 16.9. The van der Waals surface area contributed by atoms with Gasteiger partial charge in [0.05, 0.1) is 20.6 Å². The molecule has 2 N–H and O–H groups in total. The summed E-state index contributed by atoms with van der Waals surface area (Å²) in [7, 11) is 4.28. The minimum Gasteiger partial charge on any atom is -0.507 e. The van der Waals surface area contributed by atoms with Crippen LogP contribution in [0, 0.1) is 0 Å². The van der Waals surface area contributed by atoms with Crippen LogP contribution in [0.4, 0.5) is 0 Å². The Morgan fingerprint density at radius 1 is 0.958 bits per heavy atom. The van der Waals surface area contributed by atoms with E-state index < -0.39 is 0 Å². The van der Waals surface area contributed by atoms with Crippen molar-refractivity contribution in [3.63, 3.8) is 0 Å². The van der Waals surface area contributed by atoms with Gasteiger partial charge in [0.25, 0.3) is 0 Å². The maximum absolute atomic E-state index is 10.2. The van der Waals surface area contributed by atoms with Crippen molar-refractivity contribution in [2.75, 3.05) is 20.6 Å². The predicted octanol–water partition coefficient (Wildman–Crippen LogP) is 2.85. The van der Waals surface area contributed by atoms with Crippen molar-refractivity contribution in [2.24, 2.45) is 4.99 Å². The Morgan fingerprint density at radius 3 is 2.42 bits per heavy atom. The lowest BCUT2D eigenvalue weighted by molar-refractivity contribution is -0.890. The number of nitrogens with one attached hydrogen (secondary N) is 1. The van der Waals surface area contributed by atoms with Gasteiger partial charge in [0.1, 0.15) is 11.8 Å². The van der Waals surface area contributed by atoms with Crippen LogP contribution in [0.15, 0.2) is 71.7 Å². The average Bonchev–Trinajstić information content (AvgIpc) is 2.60. The van der Waals surface area contributed by atoms with Crippen molar-refractivity contribution < 1.29 is 10.0 Å². The third kappa shape index (κ3) is 3.47. The predicted molar refractivity (Wildman–Crippen MR) is 100 cm³/mol. The van der Waals surface area contributed by atoms with Gasteiger partial charge in [-0.25, -0.2) is 0 Å². The molecule has 3 heteroatoms. The van der Waals surface area contributed by atoms with Crippen LogP contribution in [0.25, 0.3) is 10.8 Å². The normalized spacial score (nSPS) is 13.0. The fourth-order valence-corrected chi connectivity index (χ4v) is 2.98. The van der Waals surface area contributed by atoms with Crippen molar-refractivity contribution in [3.8, 4) is 5.75 Å². The second kappa shape index (κ2) is 7.28. The summed E-state index contributed by atoms with van der Waals surface area (Å²) in [6.45, 7) is 0.676. The molecule has 3 rings (SSSR count). The largest absolute Gasteiger partial charge is 0.507 e. The van der Waals surface area contributed by atoms with E-state index in [1.54, 1.807) is 12.3 Å². The second-order valence-corrected chi connectivity index (χ2v) is 6.25. The van der Waals surface area contributed by atoms with E-state index in [-0.39, 0.29) is 5.75 Å². The van der Waals surface area contributed by atoms with Crippen molar-refractivity contribution in [2.45, 2.75) is 6.04 Å². The first-order chi connectivity index (χ1) is 11.7. The Morgan fingerprint density at radius 2 is 1.67 bits per heavy atom. The van der Waals surface area contributed by atoms with E-state index in [0.717, 1.165) is 16.3 Å². The number of quaternary nitrogens is 1. The molecule has 122 valence electrons. The number of likely N-dealkylation sites (N-methyl/N-ethyl adjacent to an activating group) is 1. The molecule has 0 radical (unpaired) electrons. The monoisotopic (exact) mass is 319 g/mol. The van der Waals surface area contributed by atoms with E-state index >= 15 is 0 Å². The third-order valence-electron chi connectivity index (χ3n) is 4.35. The number of nitrogens with zero attached hydrogens (tertiary/aromatic N) is 1. The van der Waals surface area contributed by atoms with Crippen LogP contribution in [0.2, 0.25) is 0 Å². The fraction of sp³-hybridized carbons (Fsp3) is 0.190. The average molecular weight is 319 g/mol. The Bertz CT molecular complexity index is 841. The van der Waals surface area contributed by atoms with E-state index in [9.17, 15) is 5.11 Å². The minimum absolute atomic E-state index is 0.269. The molecule has 0 aromatic heterocycles. The lowest BCUT2D eigenvalue weighted by Crippen LogP contribution is -3.06. The fourth-order valence-electron chi connectivity index (χ4n) is 2.98. The molecule has 0 spiro atoms. The molecule has 24 heavy (non-hydrogen) atoms. The van der Waals surface area contributed by atoms with Gasteiger partial charge in [-0.2, -0.15) is 0 Å². The standard InChI is InChI=1S/C21H22N2O/c1-23(2)20(17-9-4-3-5-10-17)15-22-14-19-18-11-7-6-8-16(18)12-13-21(19)24/h3-14,20,24H,15H2,1-2H3/p+1/t20-/m1/s1. The molecule has 0 heterocycles. The first-order valence-electron chi connectivity index (χ1n) is 8.22. The number of phenolic OH excluding ortho intramolecular Hbond substituents is 1. The summed E-state index contributed by atoms with van der Waals surface area (Å²) in [6.07, 6.45) is 1.80. The van der Waals surface area contributed by atoms with Gasteiger partial charge < -0.3 is 10.0 Å². The topological polar surface area (TPSA) is 37.0 Å². The summed E-state index contributed by atoms with van der Waals surface area (Å²) in [5.41, 5.74) is 2.06. The van der Waals surface area contributed by atoms with Gasteiger partial charge in [-0.1, -0.05) is 60.7 Å². The van der Waals surface area contributed by atoms with Gasteiger partial charge in [-0.15, -0.1) is 0 Å². The number of aromatic hydroxyl groups is 1. The summed E-state index contributed by atoms with van der Waals surface area (Å²) in [4.78, 5) is 5.98. The maximum atomic E-state index is 10.2. The van der Waals surface area contributed by atoms with Gasteiger partial charge in [0.2, 0.25) is 0 Å². The lowest BCUT2D eigenvalue weighted by Gasteiger charge is -2.20. The summed E-state index contributed by atoms with van der Waals surface area (Å²) >= 11 is 0. The van der Waals surface area contributed by atoms with Crippen molar-refractivity contribution in [1.82, 2.24) is 0 Å². The molecular formula is C21H23N2O+. The number of fused-ring (bicyclic) bond motifs is 1. The number of phenols is 1. The van der Waals surface area contributed by atoms with Crippen LogP contribution in [0.1, 0.15) is 17.2 Å². The summed E-state index contributed by atoms with van der Waals surface area (Å²) < 4.78 is 0. The second-order valence-electron chi connectivity index (χ2n) is 6.25. The quantitative estimate of drug-likeness (QED) is 0.697. The molecule has 0 aliphatic carbocycles. The summed E-state index contributed by atoms with van der Waals surface area (Å²) in [5, 5.41) is 12.3. The van der Waals surface area contributed by atoms with E-state index in [2.05, 4.69) is 43.4 Å². The zero-order valence-electron chi connectivity index (χ0n) is 14.1. The van der Waals surface area contributed by atoms with Crippen LogP contribution in [0.3, 0.4) is 0 Å². The van der Waals surface area contributed by atoms with Crippen molar-refractivity contribution in [1.29, 1.82) is 0 Å². The van der Waals surface area contributed by atoms with Gasteiger partial charge in [-0.3, -0.25) is 4.99 Å². The Labute approximate surface area is 142 Å². The van der Waals surface area contributed by atoms with E-state index in [1.807, 2.05) is 36.4 Å². The Hall–Kier alpha value is -2.65. The number of hydrogen-bond donors (Lipinski definition) is 2. The smallest absolute Gasteiger partial charge is 0.132 e. The van der Waals surface area contributed by atoms with Gasteiger partial charge >= 0.3 is 0 Å². The minimum atomic E-state index is 0.269. The Kier molecular flexibility index (Phi) is 4.92. The highest BCUT2D eigenvalue weighted by Crippen LogP contribution is 2.25. The molecule has 1 atom stereocenters. The molecule has 0 amide bonds. The zero-order valence-corrected chi connectivity index (χ0v) is 14.1. The molecule has 0 aliphatic rings. The highest BCUT2D eigenvalue weighted by atomic mass is 16.3. The molecule has 0 unspecified atom stereocenters. The molecule has 0 bridgehead atoms. The van der Waals surface area contributed by atoms with Crippen molar-refractivity contribution >= 4 is 17.0 Å². The number of aliphatic imine (C=N–C) groups is 1. The van der Waals surface area contributed by atoms with Crippen LogP contribution >= 0.6 is 0 Å². The first-order valence-corrected chi connectivity index (χ1v) is 8.22. The first kappa shape index (κ1) is 16.2.